The van der Waals surface area contributed by atoms with Gasteiger partial charge in [-0.2, -0.15) is 0 Å². The first-order chi connectivity index (χ1) is 8.81. The van der Waals surface area contributed by atoms with E-state index in [1.165, 1.54) is 51.0 Å². The van der Waals surface area contributed by atoms with Gasteiger partial charge in [-0.05, 0) is 31.0 Å². The average molecular weight is 266 g/mol. The summed E-state index contributed by atoms with van der Waals surface area (Å²) in [4.78, 5) is 9.37. The Morgan fingerprint density at radius 2 is 2.17 bits per heavy atom. The third kappa shape index (κ3) is 2.85. The van der Waals surface area contributed by atoms with Crippen molar-refractivity contribution in [2.75, 3.05) is 26.2 Å². The normalized spacial score (nSPS) is 25.9. The Kier molecular flexibility index (Phi) is 3.83. The zero-order valence-corrected chi connectivity index (χ0v) is 11.4. The van der Waals surface area contributed by atoms with Gasteiger partial charge in [-0.3, -0.25) is 9.80 Å². The fourth-order valence-electron chi connectivity index (χ4n) is 3.12. The van der Waals surface area contributed by atoms with Crippen LogP contribution in [0.2, 0.25) is 5.15 Å². The van der Waals surface area contributed by atoms with E-state index in [1.54, 1.807) is 0 Å². The molecule has 3 heterocycles. The van der Waals surface area contributed by atoms with Crippen molar-refractivity contribution in [3.8, 4) is 0 Å². The Labute approximate surface area is 114 Å². The van der Waals surface area contributed by atoms with Gasteiger partial charge in [0.25, 0.3) is 0 Å². The first kappa shape index (κ1) is 12.4. The molecule has 98 valence electrons. The molecule has 1 atom stereocenters. The smallest absolute Gasteiger partial charge is 0.129 e. The number of pyridine rings is 1. The number of hydrogen-bond donors (Lipinski definition) is 0. The molecule has 0 bridgehead atoms. The Balaban J connectivity index is 1.59. The molecule has 0 amide bonds. The van der Waals surface area contributed by atoms with Crippen LogP contribution in [-0.4, -0.2) is 47.0 Å². The van der Waals surface area contributed by atoms with Crippen molar-refractivity contribution in [2.45, 2.75) is 31.8 Å². The van der Waals surface area contributed by atoms with Crippen molar-refractivity contribution in [2.24, 2.45) is 0 Å². The van der Waals surface area contributed by atoms with Crippen molar-refractivity contribution >= 4 is 11.6 Å². The van der Waals surface area contributed by atoms with Gasteiger partial charge in [0.1, 0.15) is 5.15 Å². The summed E-state index contributed by atoms with van der Waals surface area (Å²) in [6, 6.07) is 4.75. The van der Waals surface area contributed by atoms with Crippen LogP contribution >= 0.6 is 11.6 Å². The van der Waals surface area contributed by atoms with E-state index >= 15 is 0 Å². The zero-order valence-electron chi connectivity index (χ0n) is 10.7. The summed E-state index contributed by atoms with van der Waals surface area (Å²) in [5.74, 6) is 0. The van der Waals surface area contributed by atoms with E-state index in [0.29, 0.717) is 5.15 Å². The topological polar surface area (TPSA) is 19.4 Å². The van der Waals surface area contributed by atoms with Crippen LogP contribution < -0.4 is 0 Å². The summed E-state index contributed by atoms with van der Waals surface area (Å²) in [5.41, 5.74) is 1.27. The molecule has 0 unspecified atom stereocenters. The molecular formula is C14H20ClN3. The van der Waals surface area contributed by atoms with Gasteiger partial charge in [-0.15, -0.1) is 0 Å². The molecule has 0 aromatic carbocycles. The van der Waals surface area contributed by atoms with E-state index < -0.39 is 0 Å². The molecule has 1 aromatic rings. The molecule has 0 saturated carbocycles. The summed E-state index contributed by atoms with van der Waals surface area (Å²) in [7, 11) is 0. The molecule has 18 heavy (non-hydrogen) atoms. The highest BCUT2D eigenvalue weighted by Crippen LogP contribution is 2.22. The summed E-state index contributed by atoms with van der Waals surface area (Å²) in [6.07, 6.45) is 6.06. The van der Waals surface area contributed by atoms with Gasteiger partial charge in [0.2, 0.25) is 0 Å². The maximum Gasteiger partial charge on any atom is 0.129 e. The highest BCUT2D eigenvalue weighted by atomic mass is 35.5. The van der Waals surface area contributed by atoms with Crippen LogP contribution in [0.5, 0.6) is 0 Å². The minimum Gasteiger partial charge on any atom is -0.298 e. The van der Waals surface area contributed by atoms with Crippen molar-refractivity contribution < 1.29 is 0 Å². The zero-order chi connectivity index (χ0) is 12.4. The number of nitrogens with zero attached hydrogens (tertiary/aromatic N) is 3. The molecule has 2 aliphatic heterocycles. The number of fused-ring (bicyclic) bond motifs is 1. The molecule has 2 aliphatic rings. The molecule has 0 radical (unpaired) electrons. The quantitative estimate of drug-likeness (QED) is 0.766. The fraction of sp³-hybridized carbons (Fsp3) is 0.643. The highest BCUT2D eigenvalue weighted by Gasteiger charge is 2.28. The SMILES string of the molecule is Clc1ccc(CN2CCN3CCCC[C@@H]3C2)cn1. The Hall–Kier alpha value is -0.640. The van der Waals surface area contributed by atoms with E-state index in [1.807, 2.05) is 12.3 Å². The van der Waals surface area contributed by atoms with Gasteiger partial charge >= 0.3 is 0 Å². The number of halogens is 1. The maximum atomic E-state index is 5.81. The lowest BCUT2D eigenvalue weighted by Crippen LogP contribution is -2.54. The second-order valence-electron chi connectivity index (χ2n) is 5.41. The van der Waals surface area contributed by atoms with Gasteiger partial charge in [-0.25, -0.2) is 4.98 Å². The Bertz CT molecular complexity index is 393. The number of piperazine rings is 1. The molecule has 4 heteroatoms. The van der Waals surface area contributed by atoms with E-state index in [-0.39, 0.29) is 0 Å². The van der Waals surface area contributed by atoms with Crippen molar-refractivity contribution in [3.63, 3.8) is 0 Å². The first-order valence-corrected chi connectivity index (χ1v) is 7.26. The third-order valence-corrected chi connectivity index (χ3v) is 4.34. The van der Waals surface area contributed by atoms with Crippen LogP contribution in [0.3, 0.4) is 0 Å². The number of rotatable bonds is 2. The fourth-order valence-corrected chi connectivity index (χ4v) is 3.23. The molecule has 2 fully saturated rings. The largest absolute Gasteiger partial charge is 0.298 e. The summed E-state index contributed by atoms with van der Waals surface area (Å²) < 4.78 is 0. The minimum atomic E-state index is 0.579. The van der Waals surface area contributed by atoms with E-state index in [2.05, 4.69) is 20.9 Å². The Morgan fingerprint density at radius 1 is 1.22 bits per heavy atom. The van der Waals surface area contributed by atoms with Crippen molar-refractivity contribution in [3.05, 3.63) is 29.0 Å². The maximum absolute atomic E-state index is 5.81. The van der Waals surface area contributed by atoms with Crippen LogP contribution in [0.25, 0.3) is 0 Å². The lowest BCUT2D eigenvalue weighted by atomic mass is 9.99. The summed E-state index contributed by atoms with van der Waals surface area (Å²) in [5, 5.41) is 0.579. The third-order valence-electron chi connectivity index (χ3n) is 4.12. The van der Waals surface area contributed by atoms with E-state index in [4.69, 9.17) is 11.6 Å². The van der Waals surface area contributed by atoms with E-state index in [9.17, 15) is 0 Å². The molecule has 3 rings (SSSR count). The van der Waals surface area contributed by atoms with E-state index in [0.717, 1.165) is 12.6 Å². The van der Waals surface area contributed by atoms with Gasteiger partial charge in [0.15, 0.2) is 0 Å². The predicted molar refractivity (Wildman–Crippen MR) is 73.7 cm³/mol. The first-order valence-electron chi connectivity index (χ1n) is 6.88. The standard InChI is InChI=1S/C14H20ClN3/c15-14-5-4-12(9-16-14)10-17-7-8-18-6-2-1-3-13(18)11-17/h4-5,9,13H,1-3,6-8,10-11H2/t13-/m1/s1. The highest BCUT2D eigenvalue weighted by molar-refractivity contribution is 6.29. The van der Waals surface area contributed by atoms with Crippen LogP contribution in [0.1, 0.15) is 24.8 Å². The molecule has 0 aliphatic carbocycles. The average Bonchev–Trinajstić information content (AvgIpc) is 2.41. The lowest BCUT2D eigenvalue weighted by molar-refractivity contribution is 0.0456. The molecule has 2 saturated heterocycles. The van der Waals surface area contributed by atoms with Gasteiger partial charge in [0, 0.05) is 38.4 Å². The minimum absolute atomic E-state index is 0.579. The van der Waals surface area contributed by atoms with Crippen LogP contribution in [0.4, 0.5) is 0 Å². The molecule has 0 spiro atoms. The monoisotopic (exact) mass is 265 g/mol. The second kappa shape index (κ2) is 5.55. The predicted octanol–water partition coefficient (Wildman–Crippen LogP) is 2.41. The van der Waals surface area contributed by atoms with Gasteiger partial charge in [0.05, 0.1) is 0 Å². The molecule has 1 aromatic heterocycles. The second-order valence-corrected chi connectivity index (χ2v) is 5.80. The van der Waals surface area contributed by atoms with Gasteiger partial charge in [-0.1, -0.05) is 24.1 Å². The lowest BCUT2D eigenvalue weighted by Gasteiger charge is -2.44. The van der Waals surface area contributed by atoms with Crippen LogP contribution in [-0.2, 0) is 6.54 Å². The van der Waals surface area contributed by atoms with Crippen molar-refractivity contribution in [1.29, 1.82) is 0 Å². The Morgan fingerprint density at radius 3 is 3.00 bits per heavy atom. The van der Waals surface area contributed by atoms with Crippen LogP contribution in [0.15, 0.2) is 18.3 Å². The summed E-state index contributed by atoms with van der Waals surface area (Å²) >= 11 is 5.81. The number of hydrogen-bond acceptors (Lipinski definition) is 3. The van der Waals surface area contributed by atoms with Crippen LogP contribution in [0, 0.1) is 0 Å². The van der Waals surface area contributed by atoms with Gasteiger partial charge < -0.3 is 0 Å². The molecular weight excluding hydrogens is 246 g/mol. The van der Waals surface area contributed by atoms with Crippen molar-refractivity contribution in [1.82, 2.24) is 14.8 Å². The molecule has 0 N–H and O–H groups in total. The summed E-state index contributed by atoms with van der Waals surface area (Å²) in [6.45, 7) is 5.93. The number of piperidine rings is 1. The molecule has 3 nitrogen and oxygen atoms in total. The number of aromatic nitrogens is 1.